The second kappa shape index (κ2) is 13.6. The fourth-order valence-electron chi connectivity index (χ4n) is 4.53. The van der Waals surface area contributed by atoms with Gasteiger partial charge in [-0.1, -0.05) is 56.7 Å². The van der Waals surface area contributed by atoms with Crippen molar-refractivity contribution in [2.75, 3.05) is 6.54 Å². The van der Waals surface area contributed by atoms with Crippen molar-refractivity contribution >= 4 is 23.7 Å². The van der Waals surface area contributed by atoms with E-state index in [0.29, 0.717) is 37.5 Å². The number of ether oxygens (including phenoxy) is 1. The van der Waals surface area contributed by atoms with Crippen molar-refractivity contribution in [2.45, 2.75) is 82.5 Å². The van der Waals surface area contributed by atoms with E-state index in [0.717, 1.165) is 38.5 Å². The molecule has 2 fully saturated rings. The fourth-order valence-corrected chi connectivity index (χ4v) is 4.53. The highest BCUT2D eigenvalue weighted by atomic mass is 16.5. The Balaban J connectivity index is 1.52. The van der Waals surface area contributed by atoms with E-state index in [1.165, 1.54) is 6.42 Å². The van der Waals surface area contributed by atoms with Crippen molar-refractivity contribution in [3.8, 4) is 5.75 Å². The van der Waals surface area contributed by atoms with Crippen LogP contribution in [-0.4, -0.2) is 48.5 Å². The molecule has 0 aromatic heterocycles. The number of benzene rings is 1. The number of nitrogens with one attached hydrogen (secondary N) is 3. The quantitative estimate of drug-likeness (QED) is 0.122. The molecule has 0 unspecified atom stereocenters. The zero-order chi connectivity index (χ0) is 25.0. The molecular formula is C25H38N6O4. The number of hydrogen-bond acceptors (Lipinski definition) is 5. The van der Waals surface area contributed by atoms with Crippen LogP contribution in [0, 0.1) is 5.92 Å². The predicted molar refractivity (Wildman–Crippen MR) is 133 cm³/mol. The number of aliphatic imine (C=N–C) groups is 1. The lowest BCUT2D eigenvalue weighted by Gasteiger charge is -2.37. The second-order valence-electron chi connectivity index (χ2n) is 9.32. The number of para-hydroxylation sites is 1. The van der Waals surface area contributed by atoms with E-state index in [4.69, 9.17) is 16.2 Å². The molecule has 192 valence electrons. The molecule has 7 N–H and O–H groups in total. The predicted octanol–water partition coefficient (Wildman–Crippen LogP) is 1.30. The molecule has 0 spiro atoms. The molecule has 1 saturated carbocycles. The summed E-state index contributed by atoms with van der Waals surface area (Å²) in [7, 11) is 0. The standard InChI is InChI=1S/C25H38N6O4/c26-25(27)28-15-9-3-8-14-20(32)29-19(16-17-10-4-1-5-11-17)22(33)30-21-23(34)31-24(21)35-18-12-6-2-7-13-18/h2,6-7,12-13,17,19,21,24H,1,3-5,8-11,14-16H2,(H,29,32)(H,30,33)(H,31,34)(H4,26,27,28)/t19-,21+,24+/m0/s1. The molecule has 1 aromatic rings. The highest BCUT2D eigenvalue weighted by Gasteiger charge is 2.43. The molecule has 3 rings (SSSR count). The van der Waals surface area contributed by atoms with Crippen LogP contribution in [0.15, 0.2) is 35.3 Å². The van der Waals surface area contributed by atoms with Gasteiger partial charge in [0.1, 0.15) is 11.8 Å². The van der Waals surface area contributed by atoms with Crippen molar-refractivity contribution in [1.29, 1.82) is 0 Å². The molecule has 35 heavy (non-hydrogen) atoms. The molecule has 1 aliphatic heterocycles. The Morgan fingerprint density at radius 3 is 2.51 bits per heavy atom. The van der Waals surface area contributed by atoms with E-state index in [1.54, 1.807) is 12.1 Å². The van der Waals surface area contributed by atoms with Gasteiger partial charge >= 0.3 is 0 Å². The van der Waals surface area contributed by atoms with E-state index >= 15 is 0 Å². The number of carbonyl (C=O) groups excluding carboxylic acids is 3. The molecule has 10 nitrogen and oxygen atoms in total. The Hall–Kier alpha value is -3.30. The SMILES string of the molecule is NC(N)=NCCCCCC(=O)N[C@@H](CC1CCCCC1)C(=O)N[C@@H]1C(=O)N[C@@H]1Oc1ccccc1. The maximum Gasteiger partial charge on any atom is 0.251 e. The van der Waals surface area contributed by atoms with Gasteiger partial charge in [-0.25, -0.2) is 0 Å². The van der Waals surface area contributed by atoms with Crippen molar-refractivity contribution in [3.05, 3.63) is 30.3 Å². The number of β-lactam (4-membered cyclic amide) rings is 1. The average molecular weight is 487 g/mol. The average Bonchev–Trinajstić information content (AvgIpc) is 2.85. The van der Waals surface area contributed by atoms with E-state index in [9.17, 15) is 14.4 Å². The van der Waals surface area contributed by atoms with Gasteiger partial charge in [0.15, 0.2) is 12.0 Å². The topological polar surface area (TPSA) is 161 Å². The van der Waals surface area contributed by atoms with E-state index < -0.39 is 18.3 Å². The number of amides is 3. The number of carbonyl (C=O) groups is 3. The van der Waals surface area contributed by atoms with E-state index in [1.807, 2.05) is 18.2 Å². The summed E-state index contributed by atoms with van der Waals surface area (Å²) in [4.78, 5) is 41.9. The number of nitrogens with two attached hydrogens (primary N) is 2. The van der Waals surface area contributed by atoms with Crippen LogP contribution >= 0.6 is 0 Å². The summed E-state index contributed by atoms with van der Waals surface area (Å²) in [6.45, 7) is 0.534. The van der Waals surface area contributed by atoms with Gasteiger partial charge in [-0.2, -0.15) is 0 Å². The molecule has 10 heteroatoms. The monoisotopic (exact) mass is 486 g/mol. The number of nitrogens with zero attached hydrogens (tertiary/aromatic N) is 1. The van der Waals surface area contributed by atoms with Gasteiger partial charge < -0.3 is 32.2 Å². The Morgan fingerprint density at radius 2 is 1.83 bits per heavy atom. The van der Waals surface area contributed by atoms with Crippen LogP contribution in [0.2, 0.25) is 0 Å². The number of unbranched alkanes of at least 4 members (excludes halogenated alkanes) is 2. The molecule has 0 bridgehead atoms. The third-order valence-electron chi connectivity index (χ3n) is 6.48. The number of guanidine groups is 1. The van der Waals surface area contributed by atoms with Gasteiger partial charge in [0.2, 0.25) is 18.0 Å². The maximum absolute atomic E-state index is 13.2. The molecule has 1 heterocycles. The van der Waals surface area contributed by atoms with Crippen molar-refractivity contribution in [3.63, 3.8) is 0 Å². The minimum absolute atomic E-state index is 0.0656. The van der Waals surface area contributed by atoms with Crippen LogP contribution < -0.4 is 32.2 Å². The first-order valence-electron chi connectivity index (χ1n) is 12.6. The fraction of sp³-hybridized carbons (Fsp3) is 0.600. The lowest BCUT2D eigenvalue weighted by Crippen LogP contribution is -2.72. The largest absolute Gasteiger partial charge is 0.468 e. The van der Waals surface area contributed by atoms with E-state index in [2.05, 4.69) is 20.9 Å². The minimum Gasteiger partial charge on any atom is -0.468 e. The normalized spacial score (nSPS) is 20.6. The molecule has 2 aliphatic rings. The molecule has 1 saturated heterocycles. The van der Waals surface area contributed by atoms with Crippen molar-refractivity contribution in [1.82, 2.24) is 16.0 Å². The maximum atomic E-state index is 13.2. The van der Waals surface area contributed by atoms with Gasteiger partial charge in [-0.15, -0.1) is 0 Å². The highest BCUT2D eigenvalue weighted by molar-refractivity contribution is 5.95. The van der Waals surface area contributed by atoms with Crippen LogP contribution in [0.3, 0.4) is 0 Å². The van der Waals surface area contributed by atoms with Crippen LogP contribution in [0.1, 0.15) is 64.2 Å². The minimum atomic E-state index is -0.802. The third kappa shape index (κ3) is 8.77. The third-order valence-corrected chi connectivity index (χ3v) is 6.48. The van der Waals surface area contributed by atoms with Crippen LogP contribution in [0.5, 0.6) is 5.75 Å². The molecule has 0 radical (unpaired) electrons. The summed E-state index contributed by atoms with van der Waals surface area (Å²) < 4.78 is 5.79. The molecular weight excluding hydrogens is 448 g/mol. The Labute approximate surface area is 206 Å². The van der Waals surface area contributed by atoms with Crippen LogP contribution in [0.25, 0.3) is 0 Å². The first-order valence-corrected chi connectivity index (χ1v) is 12.6. The molecule has 1 aromatic carbocycles. The van der Waals surface area contributed by atoms with Gasteiger partial charge in [-0.05, 0) is 37.3 Å². The Morgan fingerprint density at radius 1 is 1.09 bits per heavy atom. The van der Waals surface area contributed by atoms with Crippen molar-refractivity contribution in [2.24, 2.45) is 22.4 Å². The van der Waals surface area contributed by atoms with Crippen LogP contribution in [-0.2, 0) is 14.4 Å². The zero-order valence-electron chi connectivity index (χ0n) is 20.2. The summed E-state index contributed by atoms with van der Waals surface area (Å²) in [5.41, 5.74) is 10.6. The summed E-state index contributed by atoms with van der Waals surface area (Å²) in [5.74, 6) is 0.226. The van der Waals surface area contributed by atoms with Gasteiger partial charge in [0.05, 0.1) is 0 Å². The zero-order valence-corrected chi connectivity index (χ0v) is 20.2. The summed E-state index contributed by atoms with van der Waals surface area (Å²) in [6.07, 6.45) is 8.11. The van der Waals surface area contributed by atoms with Gasteiger partial charge in [0, 0.05) is 13.0 Å². The summed E-state index contributed by atoms with van der Waals surface area (Å²) in [5, 5.41) is 8.38. The number of rotatable bonds is 13. The molecule has 3 amide bonds. The van der Waals surface area contributed by atoms with E-state index in [-0.39, 0.29) is 23.7 Å². The lowest BCUT2D eigenvalue weighted by atomic mass is 9.84. The molecule has 1 aliphatic carbocycles. The Bertz CT molecular complexity index is 868. The van der Waals surface area contributed by atoms with Gasteiger partial charge in [0.25, 0.3) is 5.91 Å². The molecule has 3 atom stereocenters. The summed E-state index contributed by atoms with van der Waals surface area (Å²) in [6, 6.07) is 7.62. The number of hydrogen-bond donors (Lipinski definition) is 5. The highest BCUT2D eigenvalue weighted by Crippen LogP contribution is 2.27. The second-order valence-corrected chi connectivity index (χ2v) is 9.32. The van der Waals surface area contributed by atoms with Crippen molar-refractivity contribution < 1.29 is 19.1 Å². The summed E-state index contributed by atoms with van der Waals surface area (Å²) >= 11 is 0. The van der Waals surface area contributed by atoms with Crippen LogP contribution in [0.4, 0.5) is 0 Å². The first kappa shape index (κ1) is 26.3. The lowest BCUT2D eigenvalue weighted by molar-refractivity contribution is -0.144. The first-order chi connectivity index (χ1) is 16.9. The Kier molecular flexibility index (Phi) is 10.2. The smallest absolute Gasteiger partial charge is 0.251 e. The van der Waals surface area contributed by atoms with Gasteiger partial charge in [-0.3, -0.25) is 19.4 Å².